The van der Waals surface area contributed by atoms with Crippen LogP contribution in [0.25, 0.3) is 10.4 Å². The zero-order valence-corrected chi connectivity index (χ0v) is 6.77. The summed E-state index contributed by atoms with van der Waals surface area (Å²) in [7, 11) is 0. The highest BCUT2D eigenvalue weighted by Crippen LogP contribution is 2.02. The summed E-state index contributed by atoms with van der Waals surface area (Å²) in [6.45, 7) is 3.99. The van der Waals surface area contributed by atoms with Crippen molar-refractivity contribution in [3.05, 3.63) is 10.4 Å². The van der Waals surface area contributed by atoms with Crippen LogP contribution in [0.5, 0.6) is 0 Å². The Morgan fingerprint density at radius 2 is 2.36 bits per heavy atom. The third-order valence-corrected chi connectivity index (χ3v) is 1.36. The minimum Gasteiger partial charge on any atom is -0.396 e. The fraction of sp³-hybridized carbons (Fsp3) is 1.00. The quantitative estimate of drug-likeness (QED) is 0.370. The van der Waals surface area contributed by atoms with Gasteiger partial charge in [-0.15, -0.1) is 0 Å². The molecule has 0 aromatic rings. The summed E-state index contributed by atoms with van der Waals surface area (Å²) in [5.74, 6) is 0. The minimum absolute atomic E-state index is 0.175. The van der Waals surface area contributed by atoms with Gasteiger partial charge in [0.15, 0.2) is 0 Å². The number of nitrogens with zero attached hydrogens (tertiary/aromatic N) is 3. The van der Waals surface area contributed by atoms with Gasteiger partial charge in [0.1, 0.15) is 0 Å². The molecule has 0 aliphatic carbocycles. The number of hydrogen-bond donors (Lipinski definition) is 1. The summed E-state index contributed by atoms with van der Waals surface area (Å²) in [5, 5.41) is 12.1. The van der Waals surface area contributed by atoms with Crippen molar-refractivity contribution in [1.29, 1.82) is 0 Å². The molecule has 0 aromatic heterocycles. The lowest BCUT2D eigenvalue weighted by atomic mass is 10.2. The molecular formula is C6H13N3O2. The van der Waals surface area contributed by atoms with Crippen molar-refractivity contribution in [2.75, 3.05) is 13.2 Å². The molecule has 0 aliphatic heterocycles. The van der Waals surface area contributed by atoms with E-state index in [9.17, 15) is 0 Å². The lowest BCUT2D eigenvalue weighted by Gasteiger charge is -2.16. The number of rotatable bonds is 5. The van der Waals surface area contributed by atoms with E-state index in [0.29, 0.717) is 6.61 Å². The number of aliphatic hydroxyl groups is 1. The molecule has 0 heterocycles. The smallest absolute Gasteiger partial charge is 0.0864 e. The van der Waals surface area contributed by atoms with Crippen molar-refractivity contribution < 1.29 is 9.84 Å². The topological polar surface area (TPSA) is 78.2 Å². The van der Waals surface area contributed by atoms with Gasteiger partial charge in [-0.25, -0.2) is 0 Å². The molecule has 11 heavy (non-hydrogen) atoms. The number of hydrogen-bond acceptors (Lipinski definition) is 3. The van der Waals surface area contributed by atoms with Crippen LogP contribution in [0.1, 0.15) is 13.8 Å². The van der Waals surface area contributed by atoms with Crippen LogP contribution in [0.2, 0.25) is 0 Å². The van der Waals surface area contributed by atoms with Crippen LogP contribution in [0.4, 0.5) is 0 Å². The second-order valence-electron chi connectivity index (χ2n) is 2.12. The average molecular weight is 159 g/mol. The summed E-state index contributed by atoms with van der Waals surface area (Å²) >= 11 is 0. The van der Waals surface area contributed by atoms with Gasteiger partial charge in [0.2, 0.25) is 0 Å². The first-order chi connectivity index (χ1) is 5.26. The van der Waals surface area contributed by atoms with Crippen LogP contribution in [0.15, 0.2) is 5.11 Å². The number of azide groups is 1. The van der Waals surface area contributed by atoms with Gasteiger partial charge in [-0.3, -0.25) is 0 Å². The summed E-state index contributed by atoms with van der Waals surface area (Å²) < 4.78 is 5.12. The number of ether oxygens (including phenoxy) is 1. The Morgan fingerprint density at radius 3 is 2.73 bits per heavy atom. The van der Waals surface area contributed by atoms with E-state index < -0.39 is 6.04 Å². The highest BCUT2D eigenvalue weighted by atomic mass is 16.5. The van der Waals surface area contributed by atoms with Crippen molar-refractivity contribution in [2.45, 2.75) is 26.0 Å². The Bertz CT molecular complexity index is 145. The molecule has 1 N–H and O–H groups in total. The molecule has 0 bridgehead atoms. The molecular weight excluding hydrogens is 146 g/mol. The standard InChI is InChI=1S/C6H13N3O2/c1-3-11-5(2)6(4-10)8-9-7/h5-6,10H,3-4H2,1-2H3. The van der Waals surface area contributed by atoms with E-state index in [-0.39, 0.29) is 12.7 Å². The molecule has 0 aliphatic rings. The largest absolute Gasteiger partial charge is 0.396 e. The van der Waals surface area contributed by atoms with Gasteiger partial charge in [-0.1, -0.05) is 5.11 Å². The van der Waals surface area contributed by atoms with E-state index in [1.807, 2.05) is 6.92 Å². The van der Waals surface area contributed by atoms with E-state index in [1.54, 1.807) is 6.92 Å². The molecule has 64 valence electrons. The molecule has 5 heteroatoms. The first kappa shape index (κ1) is 10.2. The van der Waals surface area contributed by atoms with Crippen LogP contribution < -0.4 is 0 Å². The predicted octanol–water partition coefficient (Wildman–Crippen LogP) is 1.08. The number of aliphatic hydroxyl groups excluding tert-OH is 1. The maximum absolute atomic E-state index is 8.71. The van der Waals surface area contributed by atoms with Crippen molar-refractivity contribution in [3.63, 3.8) is 0 Å². The molecule has 0 rings (SSSR count). The van der Waals surface area contributed by atoms with Crippen LogP contribution in [0.3, 0.4) is 0 Å². The molecule has 0 fully saturated rings. The van der Waals surface area contributed by atoms with Crippen LogP contribution in [-0.2, 0) is 4.74 Å². The molecule has 2 atom stereocenters. The van der Waals surface area contributed by atoms with E-state index in [1.165, 1.54) is 0 Å². The van der Waals surface area contributed by atoms with E-state index in [4.69, 9.17) is 15.4 Å². The lowest BCUT2D eigenvalue weighted by molar-refractivity contribution is 0.0416. The van der Waals surface area contributed by atoms with Crippen molar-refractivity contribution in [2.24, 2.45) is 5.11 Å². The molecule has 0 saturated heterocycles. The van der Waals surface area contributed by atoms with Gasteiger partial charge in [-0.05, 0) is 19.4 Å². The van der Waals surface area contributed by atoms with Gasteiger partial charge in [0, 0.05) is 11.5 Å². The molecule has 2 unspecified atom stereocenters. The summed E-state index contributed by atoms with van der Waals surface area (Å²) in [6, 6.07) is -0.472. The Kier molecular flexibility index (Phi) is 5.56. The SMILES string of the molecule is CCOC(C)C(CO)N=[N+]=[N-]. The normalized spacial score (nSPS) is 15.2. The first-order valence-electron chi connectivity index (χ1n) is 3.52. The zero-order chi connectivity index (χ0) is 8.69. The van der Waals surface area contributed by atoms with Crippen LogP contribution in [0, 0.1) is 0 Å². The first-order valence-corrected chi connectivity index (χ1v) is 3.52. The Morgan fingerprint density at radius 1 is 1.73 bits per heavy atom. The molecule has 0 radical (unpaired) electrons. The van der Waals surface area contributed by atoms with Crippen molar-refractivity contribution >= 4 is 0 Å². The van der Waals surface area contributed by atoms with Crippen molar-refractivity contribution in [1.82, 2.24) is 0 Å². The third-order valence-electron chi connectivity index (χ3n) is 1.36. The second-order valence-corrected chi connectivity index (χ2v) is 2.12. The maximum Gasteiger partial charge on any atom is 0.0864 e. The fourth-order valence-electron chi connectivity index (χ4n) is 0.719. The average Bonchev–Trinajstić information content (AvgIpc) is 2.00. The Hall–Kier alpha value is -0.770. The predicted molar refractivity (Wildman–Crippen MR) is 41.1 cm³/mol. The van der Waals surface area contributed by atoms with Gasteiger partial charge in [0.05, 0.1) is 18.8 Å². The van der Waals surface area contributed by atoms with E-state index in [0.717, 1.165) is 0 Å². The highest BCUT2D eigenvalue weighted by Gasteiger charge is 2.13. The fourth-order valence-corrected chi connectivity index (χ4v) is 0.719. The summed E-state index contributed by atoms with van der Waals surface area (Å²) in [4.78, 5) is 2.60. The lowest BCUT2D eigenvalue weighted by Crippen LogP contribution is -2.27. The third kappa shape index (κ3) is 3.83. The van der Waals surface area contributed by atoms with Gasteiger partial charge >= 0.3 is 0 Å². The van der Waals surface area contributed by atoms with Gasteiger partial charge in [0.25, 0.3) is 0 Å². The minimum atomic E-state index is -0.472. The monoisotopic (exact) mass is 159 g/mol. The molecule has 0 saturated carbocycles. The second kappa shape index (κ2) is 5.97. The zero-order valence-electron chi connectivity index (χ0n) is 6.77. The molecule has 0 amide bonds. The summed E-state index contributed by atoms with van der Waals surface area (Å²) in [5.41, 5.74) is 8.08. The van der Waals surface area contributed by atoms with E-state index in [2.05, 4.69) is 10.0 Å². The van der Waals surface area contributed by atoms with Crippen molar-refractivity contribution in [3.8, 4) is 0 Å². The van der Waals surface area contributed by atoms with Crippen LogP contribution in [-0.4, -0.2) is 30.5 Å². The summed E-state index contributed by atoms with van der Waals surface area (Å²) in [6.07, 6.45) is -0.221. The maximum atomic E-state index is 8.71. The molecule has 0 spiro atoms. The molecule has 0 aromatic carbocycles. The Balaban J connectivity index is 3.90. The highest BCUT2D eigenvalue weighted by molar-refractivity contribution is 4.72. The van der Waals surface area contributed by atoms with Gasteiger partial charge < -0.3 is 9.84 Å². The molecule has 5 nitrogen and oxygen atoms in total. The Labute approximate surface area is 65.6 Å². The van der Waals surface area contributed by atoms with Gasteiger partial charge in [-0.2, -0.15) is 0 Å². The van der Waals surface area contributed by atoms with E-state index >= 15 is 0 Å². The van der Waals surface area contributed by atoms with Crippen LogP contribution >= 0.6 is 0 Å².